The molecule has 0 N–H and O–H groups in total. The fourth-order valence-electron chi connectivity index (χ4n) is 0.778. The molecule has 1 heterocycles. The summed E-state index contributed by atoms with van der Waals surface area (Å²) in [6.45, 7) is 0. The Labute approximate surface area is 58.5 Å². The Morgan fingerprint density at radius 1 is 1.60 bits per heavy atom. The van der Waals surface area contributed by atoms with Gasteiger partial charge in [0.05, 0.1) is 0 Å². The molecule has 10 heavy (non-hydrogen) atoms. The molecule has 0 aromatic heterocycles. The zero-order chi connectivity index (χ0) is 7.56. The van der Waals surface area contributed by atoms with Gasteiger partial charge in [-0.3, -0.25) is 9.59 Å². The molecule has 1 rings (SSSR count). The highest BCUT2D eigenvalue weighted by molar-refractivity contribution is 6.29. The predicted molar refractivity (Wildman–Crippen MR) is 35.5 cm³/mol. The average Bonchev–Trinajstić information content (AvgIpc) is 1.95. The maximum absolute atomic E-state index is 10.8. The Balaban J connectivity index is 2.74. The first-order valence-electron chi connectivity index (χ1n) is 3.03. The summed E-state index contributed by atoms with van der Waals surface area (Å²) in [7, 11) is 1.55. The molecule has 0 atom stereocenters. The molecule has 0 saturated carbocycles. The minimum atomic E-state index is -0.0365. The number of amides is 1. The van der Waals surface area contributed by atoms with E-state index in [0.717, 1.165) is 0 Å². The van der Waals surface area contributed by atoms with Crippen LogP contribution < -0.4 is 0 Å². The Morgan fingerprint density at radius 2 is 2.30 bits per heavy atom. The number of hydrogen-bond donors (Lipinski definition) is 0. The van der Waals surface area contributed by atoms with Crippen LogP contribution in [0, 0.1) is 0 Å². The molecule has 1 aliphatic heterocycles. The van der Waals surface area contributed by atoms with Crippen molar-refractivity contribution in [3.05, 3.63) is 0 Å². The molecule has 0 bridgehead atoms. The van der Waals surface area contributed by atoms with E-state index in [1.165, 1.54) is 5.01 Å². The molecule has 0 aromatic rings. The standard InChI is InChI=1S/C6H8N2O2/c1-8-6(10)3-2-5(4-9)7-8/h4H,2-3H2,1H3. The zero-order valence-corrected chi connectivity index (χ0v) is 5.70. The molecule has 54 valence electrons. The summed E-state index contributed by atoms with van der Waals surface area (Å²) in [5, 5.41) is 4.92. The maximum Gasteiger partial charge on any atom is 0.242 e. The van der Waals surface area contributed by atoms with Gasteiger partial charge in [0.15, 0.2) is 6.29 Å². The third-order valence-electron chi connectivity index (χ3n) is 1.37. The van der Waals surface area contributed by atoms with Gasteiger partial charge < -0.3 is 0 Å². The van der Waals surface area contributed by atoms with Gasteiger partial charge in [0.1, 0.15) is 5.71 Å². The Hall–Kier alpha value is -1.19. The van der Waals surface area contributed by atoms with Crippen LogP contribution in [0.15, 0.2) is 5.10 Å². The summed E-state index contributed by atoms with van der Waals surface area (Å²) in [6.07, 6.45) is 1.56. The summed E-state index contributed by atoms with van der Waals surface area (Å²) < 4.78 is 0. The van der Waals surface area contributed by atoms with Crippen LogP contribution in [-0.4, -0.2) is 30.0 Å². The molecule has 0 aliphatic carbocycles. The van der Waals surface area contributed by atoms with E-state index in [1.807, 2.05) is 0 Å². The highest BCUT2D eigenvalue weighted by atomic mass is 16.2. The quantitative estimate of drug-likeness (QED) is 0.473. The lowest BCUT2D eigenvalue weighted by atomic mass is 10.2. The van der Waals surface area contributed by atoms with Gasteiger partial charge in [-0.05, 0) is 0 Å². The van der Waals surface area contributed by atoms with Gasteiger partial charge >= 0.3 is 0 Å². The fourth-order valence-corrected chi connectivity index (χ4v) is 0.778. The van der Waals surface area contributed by atoms with Crippen LogP contribution in [-0.2, 0) is 9.59 Å². The minimum absolute atomic E-state index is 0.0365. The van der Waals surface area contributed by atoms with Crippen LogP contribution in [0.2, 0.25) is 0 Å². The molecule has 0 unspecified atom stereocenters. The Morgan fingerprint density at radius 3 is 2.80 bits per heavy atom. The van der Waals surface area contributed by atoms with Gasteiger partial charge in [-0.1, -0.05) is 0 Å². The van der Waals surface area contributed by atoms with Crippen LogP contribution in [0.4, 0.5) is 0 Å². The number of rotatable bonds is 1. The maximum atomic E-state index is 10.8. The van der Waals surface area contributed by atoms with E-state index < -0.39 is 0 Å². The summed E-state index contributed by atoms with van der Waals surface area (Å²) in [6, 6.07) is 0. The molecular weight excluding hydrogens is 132 g/mol. The van der Waals surface area contributed by atoms with E-state index >= 15 is 0 Å². The van der Waals surface area contributed by atoms with Crippen molar-refractivity contribution in [2.45, 2.75) is 12.8 Å². The third kappa shape index (κ3) is 1.21. The molecule has 1 aliphatic rings. The summed E-state index contributed by atoms with van der Waals surface area (Å²) in [5.74, 6) is -0.0365. The number of carbonyl (C=O) groups excluding carboxylic acids is 2. The molecule has 0 saturated heterocycles. The van der Waals surface area contributed by atoms with E-state index in [1.54, 1.807) is 7.05 Å². The van der Waals surface area contributed by atoms with Crippen molar-refractivity contribution in [1.29, 1.82) is 0 Å². The van der Waals surface area contributed by atoms with E-state index in [2.05, 4.69) is 5.10 Å². The summed E-state index contributed by atoms with van der Waals surface area (Å²) >= 11 is 0. The van der Waals surface area contributed by atoms with Gasteiger partial charge in [0.2, 0.25) is 5.91 Å². The highest BCUT2D eigenvalue weighted by Crippen LogP contribution is 2.04. The third-order valence-corrected chi connectivity index (χ3v) is 1.37. The molecular formula is C6H8N2O2. The van der Waals surface area contributed by atoms with Gasteiger partial charge in [-0.25, -0.2) is 5.01 Å². The minimum Gasteiger partial charge on any atom is -0.296 e. The second-order valence-corrected chi connectivity index (χ2v) is 2.13. The number of hydrogen-bond acceptors (Lipinski definition) is 3. The molecule has 4 heteroatoms. The molecule has 0 aromatic carbocycles. The van der Waals surface area contributed by atoms with Crippen LogP contribution in [0.5, 0.6) is 0 Å². The monoisotopic (exact) mass is 140 g/mol. The van der Waals surface area contributed by atoms with E-state index in [-0.39, 0.29) is 5.91 Å². The number of nitrogens with zero attached hydrogens (tertiary/aromatic N) is 2. The van der Waals surface area contributed by atoms with Crippen molar-refractivity contribution in [3.8, 4) is 0 Å². The predicted octanol–water partition coefficient (Wildman–Crippen LogP) is -0.207. The lowest BCUT2D eigenvalue weighted by Gasteiger charge is -2.16. The largest absolute Gasteiger partial charge is 0.296 e. The number of aldehydes is 1. The van der Waals surface area contributed by atoms with Crippen molar-refractivity contribution in [3.63, 3.8) is 0 Å². The summed E-state index contributed by atoms with van der Waals surface area (Å²) in [5.41, 5.74) is 0.446. The second-order valence-electron chi connectivity index (χ2n) is 2.13. The lowest BCUT2D eigenvalue weighted by molar-refractivity contribution is -0.130. The Bertz CT molecular complexity index is 198. The van der Waals surface area contributed by atoms with Crippen LogP contribution in [0.1, 0.15) is 12.8 Å². The molecule has 1 amide bonds. The first-order chi connectivity index (χ1) is 4.74. The van der Waals surface area contributed by atoms with Crippen molar-refractivity contribution in [1.82, 2.24) is 5.01 Å². The van der Waals surface area contributed by atoms with E-state index in [0.29, 0.717) is 24.8 Å². The zero-order valence-electron chi connectivity index (χ0n) is 5.70. The Kier molecular flexibility index (Phi) is 1.80. The van der Waals surface area contributed by atoms with Crippen LogP contribution in [0.25, 0.3) is 0 Å². The summed E-state index contributed by atoms with van der Waals surface area (Å²) in [4.78, 5) is 20.9. The van der Waals surface area contributed by atoms with Crippen molar-refractivity contribution >= 4 is 17.9 Å². The smallest absolute Gasteiger partial charge is 0.242 e. The molecule has 0 fully saturated rings. The molecule has 0 spiro atoms. The van der Waals surface area contributed by atoms with Gasteiger partial charge in [-0.15, -0.1) is 0 Å². The second kappa shape index (κ2) is 2.60. The van der Waals surface area contributed by atoms with E-state index in [4.69, 9.17) is 0 Å². The number of hydrazone groups is 1. The normalized spacial score (nSPS) is 18.7. The lowest BCUT2D eigenvalue weighted by Crippen LogP contribution is -2.28. The first kappa shape index (κ1) is 6.92. The van der Waals surface area contributed by atoms with Crippen molar-refractivity contribution in [2.24, 2.45) is 5.10 Å². The topological polar surface area (TPSA) is 49.7 Å². The van der Waals surface area contributed by atoms with Crippen molar-refractivity contribution < 1.29 is 9.59 Å². The van der Waals surface area contributed by atoms with Crippen molar-refractivity contribution in [2.75, 3.05) is 7.05 Å². The fraction of sp³-hybridized carbons (Fsp3) is 0.500. The number of carbonyl (C=O) groups is 2. The SMILES string of the molecule is CN1N=C(C=O)CCC1=O. The first-order valence-corrected chi connectivity index (χ1v) is 3.03. The van der Waals surface area contributed by atoms with Gasteiger partial charge in [-0.2, -0.15) is 5.10 Å². The van der Waals surface area contributed by atoms with Gasteiger partial charge in [0, 0.05) is 19.9 Å². The van der Waals surface area contributed by atoms with E-state index in [9.17, 15) is 9.59 Å². The van der Waals surface area contributed by atoms with Crippen LogP contribution in [0.3, 0.4) is 0 Å². The molecule has 4 nitrogen and oxygen atoms in total. The average molecular weight is 140 g/mol. The highest BCUT2D eigenvalue weighted by Gasteiger charge is 2.15. The van der Waals surface area contributed by atoms with Crippen LogP contribution >= 0.6 is 0 Å². The molecule has 0 radical (unpaired) electrons. The van der Waals surface area contributed by atoms with Gasteiger partial charge in [0.25, 0.3) is 0 Å².